The molecule has 4 aromatic heterocycles. The van der Waals surface area contributed by atoms with Crippen LogP contribution in [-0.2, 0) is 22.7 Å². The number of hydrogen-bond donors (Lipinski definition) is 0. The van der Waals surface area contributed by atoms with Crippen LogP contribution in [0.1, 0.15) is 16.8 Å². The number of rotatable bonds is 5. The monoisotopic (exact) mass is 445 g/mol. The average molecular weight is 446 g/mol. The highest BCUT2D eigenvalue weighted by Gasteiger charge is 2.16. The Balaban J connectivity index is 1.31. The van der Waals surface area contributed by atoms with Gasteiger partial charge in [0.05, 0.1) is 17.5 Å². The molecule has 0 aliphatic carbocycles. The molecule has 8 nitrogen and oxygen atoms in total. The lowest BCUT2D eigenvalue weighted by atomic mass is 10.1. The van der Waals surface area contributed by atoms with Crippen molar-refractivity contribution in [1.29, 1.82) is 0 Å². The number of pyridine rings is 1. The highest BCUT2D eigenvalue weighted by atomic mass is 32.1. The van der Waals surface area contributed by atoms with E-state index in [2.05, 4.69) is 15.1 Å². The first-order valence-electron chi connectivity index (χ1n) is 10.00. The molecule has 0 saturated heterocycles. The highest BCUT2D eigenvalue weighted by Crippen LogP contribution is 2.31. The van der Waals surface area contributed by atoms with E-state index in [4.69, 9.17) is 4.74 Å². The van der Waals surface area contributed by atoms with Crippen molar-refractivity contribution >= 4 is 37.7 Å². The van der Waals surface area contributed by atoms with Gasteiger partial charge in [-0.1, -0.05) is 12.1 Å². The summed E-state index contributed by atoms with van der Waals surface area (Å²) >= 11 is 1.30. The van der Waals surface area contributed by atoms with Crippen LogP contribution in [0.25, 0.3) is 26.1 Å². The van der Waals surface area contributed by atoms with E-state index in [1.54, 1.807) is 10.9 Å². The summed E-state index contributed by atoms with van der Waals surface area (Å²) < 4.78 is 8.89. The van der Waals surface area contributed by atoms with Gasteiger partial charge < -0.3 is 4.74 Å². The minimum atomic E-state index is -0.504. The molecule has 160 valence electrons. The van der Waals surface area contributed by atoms with E-state index >= 15 is 0 Å². The summed E-state index contributed by atoms with van der Waals surface area (Å²) in [5.41, 5.74) is 4.04. The first-order chi connectivity index (χ1) is 15.5. The second-order valence-electron chi connectivity index (χ2n) is 7.50. The molecule has 0 unspecified atom stereocenters. The van der Waals surface area contributed by atoms with Gasteiger partial charge in [0.25, 0.3) is 5.56 Å². The van der Waals surface area contributed by atoms with Crippen molar-refractivity contribution in [2.75, 3.05) is 0 Å². The van der Waals surface area contributed by atoms with Gasteiger partial charge in [-0.15, -0.1) is 11.3 Å². The maximum atomic E-state index is 12.9. The fourth-order valence-corrected chi connectivity index (χ4v) is 4.83. The zero-order valence-electron chi connectivity index (χ0n) is 17.5. The number of aromatic nitrogens is 5. The predicted octanol–water partition coefficient (Wildman–Crippen LogP) is 3.55. The third-order valence-electron chi connectivity index (χ3n) is 5.15. The minimum absolute atomic E-state index is 0.119. The zero-order chi connectivity index (χ0) is 22.2. The molecule has 4 heterocycles. The topological polar surface area (TPSA) is 91.9 Å². The van der Waals surface area contributed by atoms with Gasteiger partial charge in [-0.25, -0.2) is 14.6 Å². The number of hydrogen-bond acceptors (Lipinski definition) is 7. The largest absolute Gasteiger partial charge is 0.459 e. The van der Waals surface area contributed by atoms with Crippen LogP contribution in [0, 0.1) is 13.8 Å². The molecule has 0 fully saturated rings. The van der Waals surface area contributed by atoms with Crippen LogP contribution in [0.5, 0.6) is 0 Å². The van der Waals surface area contributed by atoms with E-state index in [0.29, 0.717) is 10.2 Å². The summed E-state index contributed by atoms with van der Waals surface area (Å²) in [4.78, 5) is 35.1. The second kappa shape index (κ2) is 8.01. The van der Waals surface area contributed by atoms with Crippen molar-refractivity contribution in [3.63, 3.8) is 0 Å². The van der Waals surface area contributed by atoms with Crippen molar-refractivity contribution in [2.24, 2.45) is 0 Å². The standard InChI is InChI=1S/C23H19N5O3S/c1-14-10-15(2)26-22-19(14)20-21(32-22)23(30)27(13-24-20)11-18(29)31-12-16-4-6-17(7-5-16)28-9-3-8-25-28/h3-10,13H,11-12H2,1-2H3. The predicted molar refractivity (Wildman–Crippen MR) is 122 cm³/mol. The molecule has 5 aromatic rings. The Bertz CT molecular complexity index is 1500. The van der Waals surface area contributed by atoms with Gasteiger partial charge in [0.1, 0.15) is 22.7 Å². The lowest BCUT2D eigenvalue weighted by Gasteiger charge is -2.08. The number of carbonyl (C=O) groups excluding carboxylic acids is 1. The van der Waals surface area contributed by atoms with Crippen LogP contribution in [-0.4, -0.2) is 30.3 Å². The molecule has 0 saturated carbocycles. The summed E-state index contributed by atoms with van der Waals surface area (Å²) in [6.45, 7) is 3.82. The van der Waals surface area contributed by atoms with Crippen LogP contribution in [0.4, 0.5) is 0 Å². The van der Waals surface area contributed by atoms with Gasteiger partial charge in [-0.3, -0.25) is 14.2 Å². The first-order valence-corrected chi connectivity index (χ1v) is 10.8. The molecule has 0 spiro atoms. The quantitative estimate of drug-likeness (QED) is 0.384. The highest BCUT2D eigenvalue weighted by molar-refractivity contribution is 7.25. The molecular weight excluding hydrogens is 426 g/mol. The van der Waals surface area contributed by atoms with E-state index in [9.17, 15) is 9.59 Å². The first kappa shape index (κ1) is 20.1. The Labute approximate surface area is 186 Å². The number of fused-ring (bicyclic) bond motifs is 3. The summed E-state index contributed by atoms with van der Waals surface area (Å²) in [6.07, 6.45) is 4.96. The lowest BCUT2D eigenvalue weighted by Crippen LogP contribution is -2.25. The molecule has 0 bridgehead atoms. The number of aryl methyl sites for hydroxylation is 2. The van der Waals surface area contributed by atoms with Crippen molar-refractivity contribution in [3.05, 3.63) is 82.3 Å². The Kier molecular flexibility index (Phi) is 5.02. The van der Waals surface area contributed by atoms with Crippen LogP contribution in [0.2, 0.25) is 0 Å². The van der Waals surface area contributed by atoms with Crippen molar-refractivity contribution < 1.29 is 9.53 Å². The molecule has 0 N–H and O–H groups in total. The number of benzene rings is 1. The van der Waals surface area contributed by atoms with E-state index in [1.807, 2.05) is 56.4 Å². The van der Waals surface area contributed by atoms with E-state index in [0.717, 1.165) is 32.7 Å². The fourth-order valence-electron chi connectivity index (χ4n) is 3.63. The van der Waals surface area contributed by atoms with Crippen LogP contribution in [0.15, 0.2) is 59.9 Å². The molecule has 0 radical (unpaired) electrons. The van der Waals surface area contributed by atoms with Gasteiger partial charge in [0.2, 0.25) is 0 Å². The van der Waals surface area contributed by atoms with E-state index in [-0.39, 0.29) is 18.7 Å². The molecular formula is C23H19N5O3S. The van der Waals surface area contributed by atoms with Crippen molar-refractivity contribution in [1.82, 2.24) is 24.3 Å². The third kappa shape index (κ3) is 3.67. The Morgan fingerprint density at radius 2 is 2.00 bits per heavy atom. The average Bonchev–Trinajstić information content (AvgIpc) is 3.43. The maximum Gasteiger partial charge on any atom is 0.326 e. The molecule has 9 heteroatoms. The molecule has 1 aromatic carbocycles. The number of thiophene rings is 1. The van der Waals surface area contributed by atoms with E-state index < -0.39 is 5.97 Å². The molecule has 32 heavy (non-hydrogen) atoms. The summed E-state index contributed by atoms with van der Waals surface area (Å²) in [6, 6.07) is 11.4. The third-order valence-corrected chi connectivity index (χ3v) is 6.21. The normalized spacial score (nSPS) is 11.3. The van der Waals surface area contributed by atoms with Crippen LogP contribution >= 0.6 is 11.3 Å². The van der Waals surface area contributed by atoms with E-state index in [1.165, 1.54) is 22.2 Å². The number of nitrogens with zero attached hydrogens (tertiary/aromatic N) is 5. The lowest BCUT2D eigenvalue weighted by molar-refractivity contribution is -0.145. The van der Waals surface area contributed by atoms with Crippen molar-refractivity contribution in [2.45, 2.75) is 27.0 Å². The minimum Gasteiger partial charge on any atom is -0.459 e. The van der Waals surface area contributed by atoms with Crippen molar-refractivity contribution in [3.8, 4) is 5.69 Å². The fraction of sp³-hybridized carbons (Fsp3) is 0.174. The van der Waals surface area contributed by atoms with Crippen LogP contribution in [0.3, 0.4) is 0 Å². The molecule has 0 amide bonds. The number of carbonyl (C=O) groups is 1. The molecule has 0 atom stereocenters. The second-order valence-corrected chi connectivity index (χ2v) is 8.49. The molecule has 5 rings (SSSR count). The summed E-state index contributed by atoms with van der Waals surface area (Å²) in [5.74, 6) is -0.504. The molecule has 0 aliphatic rings. The number of ether oxygens (including phenoxy) is 1. The van der Waals surface area contributed by atoms with Gasteiger partial charge in [0.15, 0.2) is 0 Å². The summed E-state index contributed by atoms with van der Waals surface area (Å²) in [5, 5.41) is 5.07. The smallest absolute Gasteiger partial charge is 0.326 e. The zero-order valence-corrected chi connectivity index (χ0v) is 18.3. The Morgan fingerprint density at radius 1 is 1.19 bits per heavy atom. The van der Waals surface area contributed by atoms with Gasteiger partial charge in [-0.05, 0) is 49.2 Å². The number of esters is 1. The van der Waals surface area contributed by atoms with Gasteiger partial charge >= 0.3 is 5.97 Å². The molecule has 0 aliphatic heterocycles. The Morgan fingerprint density at radius 3 is 2.75 bits per heavy atom. The van der Waals surface area contributed by atoms with Crippen LogP contribution < -0.4 is 5.56 Å². The van der Waals surface area contributed by atoms with Gasteiger partial charge in [0, 0.05) is 23.5 Å². The Hall–Kier alpha value is -3.85. The SMILES string of the molecule is Cc1cc(C)c2c(n1)sc1c(=O)n(CC(=O)OCc3ccc(-n4cccn4)cc3)cnc12. The summed E-state index contributed by atoms with van der Waals surface area (Å²) in [7, 11) is 0. The van der Waals surface area contributed by atoms with Gasteiger partial charge in [-0.2, -0.15) is 5.10 Å². The maximum absolute atomic E-state index is 12.9.